The summed E-state index contributed by atoms with van der Waals surface area (Å²) in [6.07, 6.45) is 4.05. The van der Waals surface area contributed by atoms with E-state index >= 15 is 0 Å². The summed E-state index contributed by atoms with van der Waals surface area (Å²) in [5.41, 5.74) is 11.5. The van der Waals surface area contributed by atoms with Gasteiger partial charge >= 0.3 is 0 Å². The highest BCUT2D eigenvalue weighted by Gasteiger charge is 2.34. The highest BCUT2D eigenvalue weighted by molar-refractivity contribution is 6.32. The lowest BCUT2D eigenvalue weighted by molar-refractivity contribution is -0.128. The van der Waals surface area contributed by atoms with Crippen molar-refractivity contribution in [1.82, 2.24) is 9.88 Å². The van der Waals surface area contributed by atoms with Crippen molar-refractivity contribution in [3.8, 4) is 11.5 Å². The van der Waals surface area contributed by atoms with E-state index in [4.69, 9.17) is 26.8 Å². The van der Waals surface area contributed by atoms with Crippen LogP contribution < -0.4 is 15.2 Å². The lowest BCUT2D eigenvalue weighted by Crippen LogP contribution is -2.39. The van der Waals surface area contributed by atoms with Gasteiger partial charge in [-0.2, -0.15) is 0 Å². The van der Waals surface area contributed by atoms with Crippen molar-refractivity contribution in [1.29, 1.82) is 0 Å². The number of nitrogens with two attached hydrogens (primary N) is 1. The van der Waals surface area contributed by atoms with Crippen LogP contribution in [-0.4, -0.2) is 29.1 Å². The molecule has 170 valence electrons. The second-order valence-electron chi connectivity index (χ2n) is 8.47. The molecule has 2 aliphatic rings. The molecule has 1 aromatic heterocycles. The molecule has 0 aliphatic carbocycles. The van der Waals surface area contributed by atoms with Gasteiger partial charge in [0.05, 0.1) is 6.04 Å². The van der Waals surface area contributed by atoms with Crippen LogP contribution in [0.15, 0.2) is 66.7 Å². The molecule has 6 nitrogen and oxygen atoms in total. The van der Waals surface area contributed by atoms with Crippen LogP contribution in [0.25, 0.3) is 17.0 Å². The van der Waals surface area contributed by atoms with Crippen molar-refractivity contribution < 1.29 is 14.3 Å². The number of nitrogens with zero attached hydrogens (tertiary/aromatic N) is 1. The van der Waals surface area contributed by atoms with E-state index < -0.39 is 0 Å². The molecule has 4 aromatic rings. The molecular weight excluding hydrogens is 450 g/mol. The molecule has 0 bridgehead atoms. The molecule has 6 rings (SSSR count). The van der Waals surface area contributed by atoms with Gasteiger partial charge < -0.3 is 25.1 Å². The van der Waals surface area contributed by atoms with Gasteiger partial charge in [0.2, 0.25) is 12.7 Å². The zero-order chi connectivity index (χ0) is 23.2. The van der Waals surface area contributed by atoms with E-state index in [0.29, 0.717) is 34.3 Å². The molecule has 0 spiro atoms. The minimum Gasteiger partial charge on any atom is -0.454 e. The first-order chi connectivity index (χ1) is 16.6. The Bertz CT molecular complexity index is 1460. The molecule has 0 radical (unpaired) electrons. The lowest BCUT2D eigenvalue weighted by Gasteiger charge is -2.35. The molecule has 3 N–H and O–H groups in total. The fourth-order valence-corrected chi connectivity index (χ4v) is 5.04. The molecule has 0 saturated heterocycles. The normalized spacial score (nSPS) is 16.9. The largest absolute Gasteiger partial charge is 0.454 e. The number of hydrogen-bond acceptors (Lipinski definition) is 4. The second kappa shape index (κ2) is 8.15. The maximum absolute atomic E-state index is 13.5. The van der Waals surface area contributed by atoms with Gasteiger partial charge in [-0.05, 0) is 65.6 Å². The maximum atomic E-state index is 13.5. The Morgan fingerprint density at radius 3 is 2.85 bits per heavy atom. The lowest BCUT2D eigenvalue weighted by atomic mass is 9.92. The van der Waals surface area contributed by atoms with Gasteiger partial charge in [0.25, 0.3) is 0 Å². The SMILES string of the molecule is Nc1ccc(Cl)c(/C=C/C(=O)N2CCc3c([nH]c4ccccc34)C2c2ccc3c(c2)OCO3)c1. The predicted octanol–water partition coefficient (Wildman–Crippen LogP) is 5.32. The van der Waals surface area contributed by atoms with Crippen molar-refractivity contribution in [2.75, 3.05) is 19.1 Å². The van der Waals surface area contributed by atoms with Crippen molar-refractivity contribution in [2.45, 2.75) is 12.5 Å². The fraction of sp³-hybridized carbons (Fsp3) is 0.148. The van der Waals surface area contributed by atoms with Crippen LogP contribution >= 0.6 is 11.6 Å². The van der Waals surface area contributed by atoms with E-state index in [2.05, 4.69) is 17.1 Å². The van der Waals surface area contributed by atoms with Gasteiger partial charge in [0.15, 0.2) is 11.5 Å². The highest BCUT2D eigenvalue weighted by atomic mass is 35.5. The number of halogens is 1. The number of para-hydroxylation sites is 1. The third kappa shape index (κ3) is 3.47. The molecule has 7 heteroatoms. The summed E-state index contributed by atoms with van der Waals surface area (Å²) in [6, 6.07) is 19.0. The monoisotopic (exact) mass is 471 g/mol. The molecular formula is C27H22ClN3O3. The summed E-state index contributed by atoms with van der Waals surface area (Å²) in [5.74, 6) is 1.30. The third-order valence-corrected chi connectivity index (χ3v) is 6.80. The number of ether oxygens (including phenoxy) is 2. The summed E-state index contributed by atoms with van der Waals surface area (Å²) >= 11 is 6.29. The number of benzene rings is 3. The number of aromatic nitrogens is 1. The Morgan fingerprint density at radius 1 is 1.09 bits per heavy atom. The number of amides is 1. The minimum atomic E-state index is -0.292. The predicted molar refractivity (Wildman–Crippen MR) is 133 cm³/mol. The molecule has 1 amide bonds. The number of anilines is 1. The molecule has 1 atom stereocenters. The van der Waals surface area contributed by atoms with Crippen LogP contribution in [0, 0.1) is 0 Å². The highest BCUT2D eigenvalue weighted by Crippen LogP contribution is 2.42. The van der Waals surface area contributed by atoms with E-state index in [1.165, 1.54) is 10.9 Å². The van der Waals surface area contributed by atoms with Crippen LogP contribution in [0.3, 0.4) is 0 Å². The number of carbonyl (C=O) groups excluding carboxylic acids is 1. The number of hydrogen-bond donors (Lipinski definition) is 2. The van der Waals surface area contributed by atoms with Gasteiger partial charge in [0.1, 0.15) is 0 Å². The number of H-pyrrole nitrogens is 1. The topological polar surface area (TPSA) is 80.6 Å². The fourth-order valence-electron chi connectivity index (χ4n) is 4.85. The standard InChI is InChI=1S/C27H22ClN3O3/c28-21-8-7-18(29)13-16(21)6-10-25(32)31-12-11-20-19-3-1-2-4-22(19)30-26(20)27(31)17-5-9-23-24(14-17)34-15-33-23/h1-10,13-14,27,30H,11-12,15,29H2/b10-6+. The third-order valence-electron chi connectivity index (χ3n) is 6.46. The van der Waals surface area contributed by atoms with Crippen molar-refractivity contribution >= 4 is 40.2 Å². The van der Waals surface area contributed by atoms with Gasteiger partial charge in [-0.3, -0.25) is 4.79 Å². The van der Waals surface area contributed by atoms with E-state index in [1.807, 2.05) is 35.2 Å². The first-order valence-corrected chi connectivity index (χ1v) is 11.5. The average molecular weight is 472 g/mol. The number of nitrogen functional groups attached to an aromatic ring is 1. The molecule has 2 aliphatic heterocycles. The van der Waals surface area contributed by atoms with Crippen LogP contribution in [0.5, 0.6) is 11.5 Å². The zero-order valence-electron chi connectivity index (χ0n) is 18.3. The summed E-state index contributed by atoms with van der Waals surface area (Å²) in [6.45, 7) is 0.787. The molecule has 34 heavy (non-hydrogen) atoms. The van der Waals surface area contributed by atoms with Gasteiger partial charge in [-0.25, -0.2) is 0 Å². The summed E-state index contributed by atoms with van der Waals surface area (Å²) < 4.78 is 11.1. The van der Waals surface area contributed by atoms with Gasteiger partial charge in [0, 0.05) is 39.9 Å². The van der Waals surface area contributed by atoms with Crippen LogP contribution in [0.2, 0.25) is 5.02 Å². The number of nitrogens with one attached hydrogen (secondary N) is 1. The first kappa shape index (κ1) is 20.7. The van der Waals surface area contributed by atoms with Crippen LogP contribution in [0.1, 0.15) is 28.4 Å². The molecule has 3 heterocycles. The van der Waals surface area contributed by atoms with Crippen molar-refractivity contribution in [3.63, 3.8) is 0 Å². The number of aromatic amines is 1. The van der Waals surface area contributed by atoms with E-state index in [9.17, 15) is 4.79 Å². The quantitative estimate of drug-likeness (QED) is 0.313. The van der Waals surface area contributed by atoms with Gasteiger partial charge in [-0.1, -0.05) is 35.9 Å². The average Bonchev–Trinajstić information content (AvgIpc) is 3.47. The first-order valence-electron chi connectivity index (χ1n) is 11.1. The van der Waals surface area contributed by atoms with Crippen LogP contribution in [-0.2, 0) is 11.2 Å². The molecule has 0 fully saturated rings. The summed E-state index contributed by atoms with van der Waals surface area (Å²) in [5, 5.41) is 1.74. The smallest absolute Gasteiger partial charge is 0.247 e. The van der Waals surface area contributed by atoms with Gasteiger partial charge in [-0.15, -0.1) is 0 Å². The Labute approximate surface area is 201 Å². The zero-order valence-corrected chi connectivity index (χ0v) is 19.0. The van der Waals surface area contributed by atoms with E-state index in [-0.39, 0.29) is 18.7 Å². The van der Waals surface area contributed by atoms with Crippen LogP contribution in [0.4, 0.5) is 5.69 Å². The Hall–Kier alpha value is -3.90. The summed E-state index contributed by atoms with van der Waals surface area (Å²) in [7, 11) is 0. The second-order valence-corrected chi connectivity index (χ2v) is 8.88. The summed E-state index contributed by atoms with van der Waals surface area (Å²) in [4.78, 5) is 19.0. The van der Waals surface area contributed by atoms with Crippen molar-refractivity contribution in [3.05, 3.63) is 94.1 Å². The van der Waals surface area contributed by atoms with E-state index in [1.54, 1.807) is 30.4 Å². The Balaban J connectivity index is 1.43. The van der Waals surface area contributed by atoms with Crippen molar-refractivity contribution in [2.24, 2.45) is 0 Å². The van der Waals surface area contributed by atoms with E-state index in [0.717, 1.165) is 23.2 Å². The number of rotatable bonds is 3. The number of carbonyl (C=O) groups is 1. The Morgan fingerprint density at radius 2 is 1.94 bits per heavy atom. The molecule has 1 unspecified atom stereocenters. The number of fused-ring (bicyclic) bond motifs is 4. The molecule has 3 aromatic carbocycles. The Kier molecular flexibility index (Phi) is 4.96. The minimum absolute atomic E-state index is 0.106. The molecule has 0 saturated carbocycles. The maximum Gasteiger partial charge on any atom is 0.247 e.